The number of hydrogen-bond acceptors (Lipinski definition) is 5. The molecule has 0 spiro atoms. The summed E-state index contributed by atoms with van der Waals surface area (Å²) >= 11 is 0. The van der Waals surface area contributed by atoms with Gasteiger partial charge < -0.3 is 9.84 Å². The summed E-state index contributed by atoms with van der Waals surface area (Å²) in [6.45, 7) is 2.70. The SMILES string of the molecule is Cc1nc2ncnn2c(OCC2CCCCC2)c1CCO. The van der Waals surface area contributed by atoms with Crippen LogP contribution in [0.2, 0.25) is 0 Å². The number of aryl methyl sites for hydroxylation is 1. The van der Waals surface area contributed by atoms with E-state index < -0.39 is 0 Å². The van der Waals surface area contributed by atoms with Crippen LogP contribution in [-0.4, -0.2) is 37.9 Å². The maximum atomic E-state index is 9.28. The van der Waals surface area contributed by atoms with E-state index in [0.717, 1.165) is 11.3 Å². The molecule has 1 fully saturated rings. The van der Waals surface area contributed by atoms with Crippen LogP contribution in [0.15, 0.2) is 6.33 Å². The molecular formula is C15H22N4O2. The number of nitrogens with zero attached hydrogens (tertiary/aromatic N) is 4. The topological polar surface area (TPSA) is 72.5 Å². The van der Waals surface area contributed by atoms with Gasteiger partial charge in [-0.3, -0.25) is 0 Å². The lowest BCUT2D eigenvalue weighted by Gasteiger charge is -2.22. The molecule has 0 saturated heterocycles. The summed E-state index contributed by atoms with van der Waals surface area (Å²) in [5.41, 5.74) is 1.77. The number of hydrogen-bond donors (Lipinski definition) is 1. The van der Waals surface area contributed by atoms with Crippen molar-refractivity contribution in [2.24, 2.45) is 5.92 Å². The van der Waals surface area contributed by atoms with Crippen LogP contribution in [0.4, 0.5) is 0 Å². The molecule has 1 saturated carbocycles. The van der Waals surface area contributed by atoms with E-state index in [9.17, 15) is 5.11 Å². The highest BCUT2D eigenvalue weighted by Gasteiger charge is 2.19. The number of ether oxygens (including phenoxy) is 1. The predicted molar refractivity (Wildman–Crippen MR) is 78.4 cm³/mol. The van der Waals surface area contributed by atoms with E-state index in [2.05, 4.69) is 15.1 Å². The third-order valence-corrected chi connectivity index (χ3v) is 4.23. The second-order valence-corrected chi connectivity index (χ2v) is 5.74. The average molecular weight is 290 g/mol. The number of rotatable bonds is 5. The van der Waals surface area contributed by atoms with Gasteiger partial charge in [-0.15, -0.1) is 0 Å². The Morgan fingerprint density at radius 1 is 1.33 bits per heavy atom. The summed E-state index contributed by atoms with van der Waals surface area (Å²) in [4.78, 5) is 8.54. The zero-order chi connectivity index (χ0) is 14.7. The predicted octanol–water partition coefficient (Wildman–Crippen LogP) is 1.93. The molecule has 21 heavy (non-hydrogen) atoms. The van der Waals surface area contributed by atoms with E-state index in [1.165, 1.54) is 38.4 Å². The zero-order valence-corrected chi connectivity index (χ0v) is 12.5. The number of aromatic nitrogens is 4. The molecule has 1 aliphatic carbocycles. The van der Waals surface area contributed by atoms with Crippen LogP contribution in [-0.2, 0) is 6.42 Å². The molecule has 6 heteroatoms. The Hall–Kier alpha value is -1.69. The van der Waals surface area contributed by atoms with Crippen molar-refractivity contribution in [3.05, 3.63) is 17.6 Å². The minimum Gasteiger partial charge on any atom is -0.477 e. The summed E-state index contributed by atoms with van der Waals surface area (Å²) in [5, 5.41) is 13.5. The lowest BCUT2D eigenvalue weighted by Crippen LogP contribution is -2.18. The Labute approximate surface area is 124 Å². The molecule has 2 heterocycles. The monoisotopic (exact) mass is 290 g/mol. The lowest BCUT2D eigenvalue weighted by molar-refractivity contribution is 0.196. The van der Waals surface area contributed by atoms with Crippen LogP contribution < -0.4 is 4.74 Å². The summed E-state index contributed by atoms with van der Waals surface area (Å²) < 4.78 is 7.73. The number of fused-ring (bicyclic) bond motifs is 1. The van der Waals surface area contributed by atoms with Gasteiger partial charge in [-0.05, 0) is 25.7 Å². The average Bonchev–Trinajstić information content (AvgIpc) is 2.96. The van der Waals surface area contributed by atoms with E-state index >= 15 is 0 Å². The fraction of sp³-hybridized carbons (Fsp3) is 0.667. The van der Waals surface area contributed by atoms with E-state index in [0.29, 0.717) is 30.6 Å². The minimum atomic E-state index is 0.0719. The molecule has 0 aliphatic heterocycles. The van der Waals surface area contributed by atoms with Crippen LogP contribution in [0, 0.1) is 12.8 Å². The Morgan fingerprint density at radius 2 is 2.14 bits per heavy atom. The number of aliphatic hydroxyl groups is 1. The van der Waals surface area contributed by atoms with Crippen molar-refractivity contribution in [1.82, 2.24) is 19.6 Å². The number of aliphatic hydroxyl groups excluding tert-OH is 1. The Morgan fingerprint density at radius 3 is 2.90 bits per heavy atom. The molecular weight excluding hydrogens is 268 g/mol. The van der Waals surface area contributed by atoms with Gasteiger partial charge in [0.1, 0.15) is 6.33 Å². The maximum absolute atomic E-state index is 9.28. The van der Waals surface area contributed by atoms with Crippen LogP contribution in [0.5, 0.6) is 5.88 Å². The first-order valence-corrected chi connectivity index (χ1v) is 7.72. The fourth-order valence-electron chi connectivity index (χ4n) is 3.05. The molecule has 0 radical (unpaired) electrons. The molecule has 0 atom stereocenters. The van der Waals surface area contributed by atoms with Gasteiger partial charge in [0.2, 0.25) is 5.88 Å². The van der Waals surface area contributed by atoms with Crippen molar-refractivity contribution >= 4 is 5.78 Å². The molecule has 2 aromatic heterocycles. The summed E-state index contributed by atoms with van der Waals surface area (Å²) in [7, 11) is 0. The Balaban J connectivity index is 1.86. The van der Waals surface area contributed by atoms with Gasteiger partial charge in [0, 0.05) is 18.6 Å². The van der Waals surface area contributed by atoms with Crippen molar-refractivity contribution in [3.8, 4) is 5.88 Å². The first-order chi connectivity index (χ1) is 10.3. The highest BCUT2D eigenvalue weighted by molar-refractivity contribution is 5.40. The van der Waals surface area contributed by atoms with Crippen LogP contribution in [0.3, 0.4) is 0 Å². The lowest BCUT2D eigenvalue weighted by atomic mass is 9.90. The van der Waals surface area contributed by atoms with E-state index in [1.54, 1.807) is 4.52 Å². The zero-order valence-electron chi connectivity index (χ0n) is 12.5. The van der Waals surface area contributed by atoms with E-state index in [1.807, 2.05) is 6.92 Å². The van der Waals surface area contributed by atoms with Gasteiger partial charge in [0.25, 0.3) is 5.78 Å². The highest BCUT2D eigenvalue weighted by Crippen LogP contribution is 2.27. The summed E-state index contributed by atoms with van der Waals surface area (Å²) in [6.07, 6.45) is 8.41. The van der Waals surface area contributed by atoms with Crippen molar-refractivity contribution in [2.45, 2.75) is 45.4 Å². The molecule has 0 unspecified atom stereocenters. The van der Waals surface area contributed by atoms with Gasteiger partial charge in [0.05, 0.1) is 12.3 Å². The minimum absolute atomic E-state index is 0.0719. The first-order valence-electron chi connectivity index (χ1n) is 7.72. The van der Waals surface area contributed by atoms with Crippen LogP contribution in [0.1, 0.15) is 43.4 Å². The van der Waals surface area contributed by atoms with Crippen molar-refractivity contribution in [2.75, 3.05) is 13.2 Å². The van der Waals surface area contributed by atoms with E-state index in [4.69, 9.17) is 4.74 Å². The van der Waals surface area contributed by atoms with Gasteiger partial charge >= 0.3 is 0 Å². The highest BCUT2D eigenvalue weighted by atomic mass is 16.5. The standard InChI is InChI=1S/C15H22N4O2/c1-11-13(7-8-20)14(19-15(18-11)16-10-17-19)21-9-12-5-3-2-4-6-12/h10,12,20H,2-9H2,1H3. The summed E-state index contributed by atoms with van der Waals surface area (Å²) in [5.74, 6) is 1.86. The third kappa shape index (κ3) is 3.00. The maximum Gasteiger partial charge on any atom is 0.255 e. The third-order valence-electron chi connectivity index (χ3n) is 4.23. The Kier molecular flexibility index (Phi) is 4.34. The van der Waals surface area contributed by atoms with E-state index in [-0.39, 0.29) is 6.61 Å². The van der Waals surface area contributed by atoms with Gasteiger partial charge in [0.15, 0.2) is 0 Å². The molecule has 0 aromatic carbocycles. The van der Waals surface area contributed by atoms with Crippen LogP contribution >= 0.6 is 0 Å². The van der Waals surface area contributed by atoms with Crippen molar-refractivity contribution < 1.29 is 9.84 Å². The largest absolute Gasteiger partial charge is 0.477 e. The van der Waals surface area contributed by atoms with Crippen molar-refractivity contribution in [3.63, 3.8) is 0 Å². The second-order valence-electron chi connectivity index (χ2n) is 5.74. The Bertz CT molecular complexity index is 605. The quantitative estimate of drug-likeness (QED) is 0.911. The summed E-state index contributed by atoms with van der Waals surface area (Å²) in [6, 6.07) is 0. The molecule has 114 valence electrons. The molecule has 1 N–H and O–H groups in total. The molecule has 0 bridgehead atoms. The normalized spacial score (nSPS) is 16.5. The van der Waals surface area contributed by atoms with Gasteiger partial charge in [-0.2, -0.15) is 14.6 Å². The molecule has 2 aromatic rings. The molecule has 1 aliphatic rings. The van der Waals surface area contributed by atoms with Crippen molar-refractivity contribution in [1.29, 1.82) is 0 Å². The first kappa shape index (κ1) is 14.3. The van der Waals surface area contributed by atoms with Gasteiger partial charge in [-0.1, -0.05) is 19.3 Å². The fourth-order valence-corrected chi connectivity index (χ4v) is 3.05. The van der Waals surface area contributed by atoms with Gasteiger partial charge in [-0.25, -0.2) is 4.98 Å². The van der Waals surface area contributed by atoms with Crippen LogP contribution in [0.25, 0.3) is 5.78 Å². The molecule has 6 nitrogen and oxygen atoms in total. The second kappa shape index (κ2) is 6.39. The smallest absolute Gasteiger partial charge is 0.255 e. The molecule has 0 amide bonds. The molecule has 3 rings (SSSR count).